The van der Waals surface area contributed by atoms with Crippen molar-refractivity contribution in [3.8, 4) is 0 Å². The molecule has 0 radical (unpaired) electrons. The van der Waals surface area contributed by atoms with E-state index in [2.05, 4.69) is 33.7 Å². The molecular weight excluding hydrogens is 350 g/mol. The number of nitrogens with zero attached hydrogens (tertiary/aromatic N) is 3. The van der Waals surface area contributed by atoms with Gasteiger partial charge >= 0.3 is 0 Å². The lowest BCUT2D eigenvalue weighted by Gasteiger charge is -2.17. The fourth-order valence-electron chi connectivity index (χ4n) is 3.20. The van der Waals surface area contributed by atoms with Crippen molar-refractivity contribution >= 4 is 22.8 Å². The topological polar surface area (TPSA) is 71.3 Å². The van der Waals surface area contributed by atoms with Crippen LogP contribution in [0.25, 0.3) is 5.52 Å². The van der Waals surface area contributed by atoms with Crippen molar-refractivity contribution in [1.82, 2.24) is 14.6 Å². The van der Waals surface area contributed by atoms with Gasteiger partial charge in [0.15, 0.2) is 0 Å². The van der Waals surface area contributed by atoms with E-state index in [4.69, 9.17) is 0 Å². The molecule has 0 aliphatic heterocycles. The largest absolute Gasteiger partial charge is 0.375 e. The van der Waals surface area contributed by atoms with Crippen LogP contribution in [0.2, 0.25) is 0 Å². The van der Waals surface area contributed by atoms with E-state index in [1.807, 2.05) is 54.2 Å². The summed E-state index contributed by atoms with van der Waals surface area (Å²) in [5.41, 5.74) is 5.44. The third kappa shape index (κ3) is 3.71. The second-order valence-electron chi connectivity index (χ2n) is 6.78. The summed E-state index contributed by atoms with van der Waals surface area (Å²) in [5.74, 6) is -0.173. The number of carbonyl (C=O) groups is 1. The Hall–Kier alpha value is -3.67. The second-order valence-corrected chi connectivity index (χ2v) is 6.78. The molecule has 2 N–H and O–H groups in total. The van der Waals surface area contributed by atoms with Crippen molar-refractivity contribution in [3.05, 3.63) is 90.0 Å². The Kier molecular flexibility index (Phi) is 4.76. The van der Waals surface area contributed by atoms with Crippen LogP contribution in [0.1, 0.15) is 34.5 Å². The maximum Gasteiger partial charge on any atom is 0.257 e. The van der Waals surface area contributed by atoms with E-state index in [0.29, 0.717) is 5.56 Å². The van der Waals surface area contributed by atoms with Gasteiger partial charge in [0.1, 0.15) is 0 Å². The van der Waals surface area contributed by atoms with Crippen LogP contribution in [0.5, 0.6) is 0 Å². The van der Waals surface area contributed by atoms with Crippen LogP contribution in [-0.4, -0.2) is 20.5 Å². The minimum atomic E-state index is -0.173. The zero-order chi connectivity index (χ0) is 19.5. The highest BCUT2D eigenvalue weighted by molar-refractivity contribution is 6.04. The van der Waals surface area contributed by atoms with Crippen molar-refractivity contribution < 1.29 is 4.79 Å². The lowest BCUT2D eigenvalue weighted by atomic mass is 10.0. The molecule has 1 aromatic carbocycles. The summed E-state index contributed by atoms with van der Waals surface area (Å²) >= 11 is 0. The fraction of sp³-hybridized carbons (Fsp3) is 0.136. The van der Waals surface area contributed by atoms with Crippen molar-refractivity contribution in [2.75, 3.05) is 10.6 Å². The zero-order valence-electron chi connectivity index (χ0n) is 15.8. The molecule has 0 bridgehead atoms. The van der Waals surface area contributed by atoms with Crippen LogP contribution in [-0.2, 0) is 0 Å². The number of anilines is 2. The number of nitrogens with one attached hydrogen (secondary N) is 2. The number of hydrogen-bond acceptors (Lipinski definition) is 4. The van der Waals surface area contributed by atoms with Gasteiger partial charge in [-0.05, 0) is 61.4 Å². The maximum atomic E-state index is 12.4. The molecule has 1 atom stereocenters. The number of fused-ring (bicyclic) bond motifs is 1. The quantitative estimate of drug-likeness (QED) is 0.543. The average molecular weight is 371 g/mol. The molecule has 28 heavy (non-hydrogen) atoms. The van der Waals surface area contributed by atoms with E-state index in [-0.39, 0.29) is 11.9 Å². The Bertz CT molecular complexity index is 1120. The summed E-state index contributed by atoms with van der Waals surface area (Å²) in [6, 6.07) is 15.6. The fourth-order valence-corrected chi connectivity index (χ4v) is 3.20. The monoisotopic (exact) mass is 371 g/mol. The molecule has 140 valence electrons. The first kappa shape index (κ1) is 17.7. The molecule has 1 amide bonds. The van der Waals surface area contributed by atoms with Gasteiger partial charge in [-0.25, -0.2) is 4.52 Å². The number of rotatable bonds is 5. The van der Waals surface area contributed by atoms with Crippen molar-refractivity contribution in [2.24, 2.45) is 0 Å². The van der Waals surface area contributed by atoms with Crippen LogP contribution in [0.3, 0.4) is 0 Å². The first-order valence-corrected chi connectivity index (χ1v) is 9.12. The molecule has 4 rings (SSSR count). The number of hydrogen-bond donors (Lipinski definition) is 2. The van der Waals surface area contributed by atoms with Gasteiger partial charge in [0.25, 0.3) is 5.91 Å². The van der Waals surface area contributed by atoms with E-state index in [0.717, 1.165) is 28.0 Å². The molecule has 3 heterocycles. The zero-order valence-corrected chi connectivity index (χ0v) is 15.8. The van der Waals surface area contributed by atoms with Gasteiger partial charge in [-0.2, -0.15) is 5.10 Å². The van der Waals surface area contributed by atoms with Gasteiger partial charge in [-0.3, -0.25) is 9.78 Å². The Balaban J connectivity index is 1.55. The summed E-state index contributed by atoms with van der Waals surface area (Å²) < 4.78 is 1.84. The molecule has 4 aromatic rings. The Morgan fingerprint density at radius 1 is 1.11 bits per heavy atom. The molecule has 0 fully saturated rings. The summed E-state index contributed by atoms with van der Waals surface area (Å²) in [6.07, 6.45) is 6.95. The molecule has 0 aliphatic rings. The smallest absolute Gasteiger partial charge is 0.257 e. The van der Waals surface area contributed by atoms with Crippen LogP contribution in [0, 0.1) is 6.92 Å². The third-order valence-electron chi connectivity index (χ3n) is 4.58. The van der Waals surface area contributed by atoms with Crippen LogP contribution in [0.15, 0.2) is 73.3 Å². The van der Waals surface area contributed by atoms with Gasteiger partial charge in [0.2, 0.25) is 0 Å². The molecular formula is C22H21N5O. The van der Waals surface area contributed by atoms with Crippen LogP contribution in [0.4, 0.5) is 11.4 Å². The van der Waals surface area contributed by atoms with E-state index >= 15 is 0 Å². The lowest BCUT2D eigenvalue weighted by Crippen LogP contribution is -2.13. The van der Waals surface area contributed by atoms with Crippen molar-refractivity contribution in [2.45, 2.75) is 19.9 Å². The van der Waals surface area contributed by atoms with Crippen LogP contribution < -0.4 is 10.6 Å². The van der Waals surface area contributed by atoms with Gasteiger partial charge in [0, 0.05) is 30.3 Å². The molecule has 3 aromatic heterocycles. The van der Waals surface area contributed by atoms with Crippen LogP contribution >= 0.6 is 0 Å². The Labute approximate surface area is 163 Å². The highest BCUT2D eigenvalue weighted by Gasteiger charge is 2.12. The van der Waals surface area contributed by atoms with E-state index in [9.17, 15) is 4.79 Å². The SMILES string of the molecule is Cc1cc(NC(=O)c2cccnc2)cc([C@H](C)Nc2cnn3ccccc23)c1. The maximum absolute atomic E-state index is 12.4. The van der Waals surface area contributed by atoms with Gasteiger partial charge in [-0.15, -0.1) is 0 Å². The molecule has 0 spiro atoms. The van der Waals surface area contributed by atoms with E-state index < -0.39 is 0 Å². The molecule has 6 nitrogen and oxygen atoms in total. The number of benzene rings is 1. The number of carbonyl (C=O) groups excluding carboxylic acids is 1. The number of amides is 1. The second kappa shape index (κ2) is 7.52. The number of pyridine rings is 2. The first-order valence-electron chi connectivity index (χ1n) is 9.12. The van der Waals surface area contributed by atoms with Gasteiger partial charge in [0.05, 0.1) is 23.0 Å². The van der Waals surface area contributed by atoms with E-state index in [1.165, 1.54) is 0 Å². The third-order valence-corrected chi connectivity index (χ3v) is 4.58. The molecule has 0 saturated heterocycles. The molecule has 6 heteroatoms. The molecule has 0 saturated carbocycles. The Morgan fingerprint density at radius 2 is 2.00 bits per heavy atom. The summed E-state index contributed by atoms with van der Waals surface area (Å²) in [6.45, 7) is 4.11. The Morgan fingerprint density at radius 3 is 2.82 bits per heavy atom. The molecule has 0 unspecified atom stereocenters. The minimum absolute atomic E-state index is 0.0437. The highest BCUT2D eigenvalue weighted by atomic mass is 16.1. The lowest BCUT2D eigenvalue weighted by molar-refractivity contribution is 0.102. The summed E-state index contributed by atoms with van der Waals surface area (Å²) in [4.78, 5) is 16.4. The average Bonchev–Trinajstić information content (AvgIpc) is 3.11. The number of aromatic nitrogens is 3. The van der Waals surface area contributed by atoms with Gasteiger partial charge < -0.3 is 10.6 Å². The van der Waals surface area contributed by atoms with E-state index in [1.54, 1.807) is 24.5 Å². The summed E-state index contributed by atoms with van der Waals surface area (Å²) in [5, 5.41) is 10.8. The van der Waals surface area contributed by atoms with Crippen molar-refractivity contribution in [1.29, 1.82) is 0 Å². The normalized spacial score (nSPS) is 11.9. The number of aryl methyl sites for hydroxylation is 1. The van der Waals surface area contributed by atoms with Gasteiger partial charge in [-0.1, -0.05) is 12.1 Å². The van der Waals surface area contributed by atoms with Crippen molar-refractivity contribution in [3.63, 3.8) is 0 Å². The predicted octanol–water partition coefficient (Wildman–Crippen LogP) is 4.46. The summed E-state index contributed by atoms with van der Waals surface area (Å²) in [7, 11) is 0. The standard InChI is InChI=1S/C22H21N5O/c1-15-10-18(12-19(11-15)26-22(28)17-6-5-8-23-13-17)16(2)25-20-14-24-27-9-4-3-7-21(20)27/h3-14,16,25H,1-2H3,(H,26,28)/t16-/m0/s1. The highest BCUT2D eigenvalue weighted by Crippen LogP contribution is 2.26. The minimum Gasteiger partial charge on any atom is -0.375 e. The predicted molar refractivity (Wildman–Crippen MR) is 111 cm³/mol. The molecule has 0 aliphatic carbocycles. The first-order chi connectivity index (χ1) is 13.6.